The van der Waals surface area contributed by atoms with Crippen LogP contribution < -0.4 is 5.73 Å². The van der Waals surface area contributed by atoms with Gasteiger partial charge in [-0.1, -0.05) is 63.8 Å². The number of nitro groups is 1. The molecular formula is C28H40N2O6. The van der Waals surface area contributed by atoms with Crippen molar-refractivity contribution < 1.29 is 24.0 Å². The first-order valence-electron chi connectivity index (χ1n) is 12.7. The predicted octanol–water partition coefficient (Wildman–Crippen LogP) is 6.54. The van der Waals surface area contributed by atoms with Crippen molar-refractivity contribution >= 4 is 23.3 Å². The predicted molar refractivity (Wildman–Crippen MR) is 142 cm³/mol. The average molecular weight is 501 g/mol. The maximum atomic E-state index is 11.9. The number of anilines is 1. The standard InChI is InChI=1S/C14H19NO4.C14H21NO2/c1-3-5-6-13(14(16)19-4-2)11-7-9-12(10-8-11)15(17)18;1-3-5-6-13(14(16)17-4-2)11-7-9-12(15)10-8-11/h7-10,13H,3-6H2,1-2H3;7-10,13H,3-6,15H2,1-2H3. The summed E-state index contributed by atoms with van der Waals surface area (Å²) in [5.74, 6) is -0.883. The molecule has 36 heavy (non-hydrogen) atoms. The van der Waals surface area contributed by atoms with Crippen molar-refractivity contribution in [2.45, 2.75) is 78.1 Å². The Morgan fingerprint density at radius 3 is 1.50 bits per heavy atom. The molecular weight excluding hydrogens is 460 g/mol. The zero-order chi connectivity index (χ0) is 26.9. The van der Waals surface area contributed by atoms with Crippen molar-refractivity contribution in [3.8, 4) is 0 Å². The number of esters is 2. The molecule has 0 fully saturated rings. The molecule has 198 valence electrons. The molecule has 0 radical (unpaired) electrons. The van der Waals surface area contributed by atoms with Crippen LogP contribution in [0, 0.1) is 10.1 Å². The normalized spacial score (nSPS) is 12.0. The summed E-state index contributed by atoms with van der Waals surface area (Å²) in [4.78, 5) is 33.9. The van der Waals surface area contributed by atoms with Crippen LogP contribution in [-0.2, 0) is 19.1 Å². The van der Waals surface area contributed by atoms with Crippen LogP contribution in [0.15, 0.2) is 48.5 Å². The second-order valence-electron chi connectivity index (χ2n) is 8.41. The van der Waals surface area contributed by atoms with E-state index in [9.17, 15) is 19.7 Å². The Bertz CT molecular complexity index is 928. The van der Waals surface area contributed by atoms with Gasteiger partial charge in [-0.15, -0.1) is 0 Å². The second kappa shape index (κ2) is 17.1. The number of nitro benzene ring substituents is 1. The molecule has 2 aromatic carbocycles. The Morgan fingerprint density at radius 2 is 1.17 bits per heavy atom. The van der Waals surface area contributed by atoms with E-state index < -0.39 is 4.92 Å². The molecule has 2 unspecified atom stereocenters. The highest BCUT2D eigenvalue weighted by Gasteiger charge is 2.22. The highest BCUT2D eigenvalue weighted by molar-refractivity contribution is 5.78. The first-order chi connectivity index (χ1) is 17.3. The molecule has 0 saturated heterocycles. The van der Waals surface area contributed by atoms with Gasteiger partial charge in [0.25, 0.3) is 5.69 Å². The topological polar surface area (TPSA) is 122 Å². The lowest BCUT2D eigenvalue weighted by Crippen LogP contribution is -2.16. The molecule has 0 aliphatic rings. The largest absolute Gasteiger partial charge is 0.466 e. The summed E-state index contributed by atoms with van der Waals surface area (Å²) in [5.41, 5.74) is 8.16. The van der Waals surface area contributed by atoms with Crippen LogP contribution in [0.25, 0.3) is 0 Å². The fraction of sp³-hybridized carbons (Fsp3) is 0.500. The fourth-order valence-electron chi connectivity index (χ4n) is 3.70. The van der Waals surface area contributed by atoms with Crippen LogP contribution in [0.5, 0.6) is 0 Å². The number of nitrogen functional groups attached to an aromatic ring is 1. The summed E-state index contributed by atoms with van der Waals surface area (Å²) < 4.78 is 10.2. The van der Waals surface area contributed by atoms with Gasteiger partial charge in [0.1, 0.15) is 0 Å². The third kappa shape index (κ3) is 10.5. The SMILES string of the molecule is CCCCC(C(=O)OCC)c1ccc(N)cc1.CCCCC(C(=O)OCC)c1ccc([N+](=O)[O-])cc1. The van der Waals surface area contributed by atoms with Gasteiger partial charge in [-0.05, 0) is 49.9 Å². The van der Waals surface area contributed by atoms with E-state index in [0.29, 0.717) is 25.3 Å². The van der Waals surface area contributed by atoms with Crippen LogP contribution in [0.1, 0.15) is 89.2 Å². The number of non-ortho nitro benzene ring substituents is 1. The van der Waals surface area contributed by atoms with Crippen molar-refractivity contribution in [2.75, 3.05) is 18.9 Å². The highest BCUT2D eigenvalue weighted by Crippen LogP contribution is 2.26. The Hall–Kier alpha value is -3.42. The summed E-state index contributed by atoms with van der Waals surface area (Å²) >= 11 is 0. The van der Waals surface area contributed by atoms with E-state index in [-0.39, 0.29) is 29.5 Å². The van der Waals surface area contributed by atoms with Crippen LogP contribution >= 0.6 is 0 Å². The molecule has 0 saturated carbocycles. The van der Waals surface area contributed by atoms with Crippen LogP contribution in [-0.4, -0.2) is 30.1 Å². The zero-order valence-corrected chi connectivity index (χ0v) is 21.9. The maximum absolute atomic E-state index is 11.9. The number of rotatable bonds is 13. The molecule has 2 rings (SSSR count). The number of carbonyl (C=O) groups is 2. The number of ether oxygens (including phenoxy) is 2. The van der Waals surface area contributed by atoms with Crippen LogP contribution in [0.2, 0.25) is 0 Å². The number of nitrogens with zero attached hydrogens (tertiary/aromatic N) is 1. The maximum Gasteiger partial charge on any atom is 0.313 e. The summed E-state index contributed by atoms with van der Waals surface area (Å²) in [6, 6.07) is 13.6. The van der Waals surface area contributed by atoms with Gasteiger partial charge in [-0.3, -0.25) is 19.7 Å². The van der Waals surface area contributed by atoms with Crippen LogP contribution in [0.3, 0.4) is 0 Å². The first-order valence-corrected chi connectivity index (χ1v) is 12.7. The van der Waals surface area contributed by atoms with Crippen LogP contribution in [0.4, 0.5) is 11.4 Å². The van der Waals surface area contributed by atoms with Crippen molar-refractivity contribution in [3.63, 3.8) is 0 Å². The lowest BCUT2D eigenvalue weighted by Gasteiger charge is -2.15. The van der Waals surface area contributed by atoms with E-state index in [1.165, 1.54) is 12.1 Å². The molecule has 0 aromatic heterocycles. The molecule has 0 amide bonds. The smallest absolute Gasteiger partial charge is 0.313 e. The lowest BCUT2D eigenvalue weighted by atomic mass is 9.93. The minimum Gasteiger partial charge on any atom is -0.466 e. The molecule has 0 heterocycles. The number of hydrogen-bond acceptors (Lipinski definition) is 7. The number of carbonyl (C=O) groups excluding carboxylic acids is 2. The van der Waals surface area contributed by atoms with Crippen molar-refractivity contribution in [1.82, 2.24) is 0 Å². The van der Waals surface area contributed by atoms with Gasteiger partial charge >= 0.3 is 11.9 Å². The number of unbranched alkanes of at least 4 members (excludes halogenated alkanes) is 2. The van der Waals surface area contributed by atoms with Gasteiger partial charge in [0.15, 0.2) is 0 Å². The van der Waals surface area contributed by atoms with E-state index >= 15 is 0 Å². The Morgan fingerprint density at radius 1 is 0.778 bits per heavy atom. The van der Waals surface area contributed by atoms with E-state index in [1.54, 1.807) is 19.1 Å². The molecule has 0 bridgehead atoms. The van der Waals surface area contributed by atoms with Gasteiger partial charge in [-0.2, -0.15) is 0 Å². The zero-order valence-electron chi connectivity index (χ0n) is 21.9. The highest BCUT2D eigenvalue weighted by atomic mass is 16.6. The summed E-state index contributed by atoms with van der Waals surface area (Å²) in [6.07, 6.45) is 5.54. The molecule has 2 atom stereocenters. The molecule has 8 nitrogen and oxygen atoms in total. The van der Waals surface area contributed by atoms with Gasteiger partial charge < -0.3 is 15.2 Å². The Kier molecular flexibility index (Phi) is 14.5. The molecule has 0 aliphatic heterocycles. The van der Waals surface area contributed by atoms with Gasteiger partial charge in [-0.25, -0.2) is 0 Å². The fourth-order valence-corrected chi connectivity index (χ4v) is 3.70. The van der Waals surface area contributed by atoms with Crippen molar-refractivity contribution in [3.05, 3.63) is 69.8 Å². The third-order valence-corrected chi connectivity index (χ3v) is 5.68. The Labute approximate surface area is 214 Å². The van der Waals surface area contributed by atoms with Crippen molar-refractivity contribution in [1.29, 1.82) is 0 Å². The van der Waals surface area contributed by atoms with E-state index in [2.05, 4.69) is 13.8 Å². The van der Waals surface area contributed by atoms with Gasteiger partial charge in [0.2, 0.25) is 0 Å². The molecule has 2 aromatic rings. The molecule has 0 spiro atoms. The van der Waals surface area contributed by atoms with E-state index in [0.717, 1.165) is 43.2 Å². The minimum absolute atomic E-state index is 0.0295. The molecule has 8 heteroatoms. The lowest BCUT2D eigenvalue weighted by molar-refractivity contribution is -0.384. The third-order valence-electron chi connectivity index (χ3n) is 5.68. The van der Waals surface area contributed by atoms with E-state index in [4.69, 9.17) is 15.2 Å². The first kappa shape index (κ1) is 30.6. The van der Waals surface area contributed by atoms with E-state index in [1.807, 2.05) is 31.2 Å². The Balaban J connectivity index is 0.000000362. The summed E-state index contributed by atoms with van der Waals surface area (Å²) in [7, 11) is 0. The van der Waals surface area contributed by atoms with Crippen molar-refractivity contribution in [2.24, 2.45) is 0 Å². The number of benzene rings is 2. The minimum atomic E-state index is -0.449. The summed E-state index contributed by atoms with van der Waals surface area (Å²) in [6.45, 7) is 8.54. The monoisotopic (exact) mass is 500 g/mol. The second-order valence-corrected chi connectivity index (χ2v) is 8.41. The van der Waals surface area contributed by atoms with Gasteiger partial charge in [0.05, 0.1) is 30.0 Å². The quantitative estimate of drug-likeness (QED) is 0.143. The molecule has 0 aliphatic carbocycles. The number of hydrogen-bond donors (Lipinski definition) is 1. The van der Waals surface area contributed by atoms with Gasteiger partial charge in [0, 0.05) is 17.8 Å². The number of nitrogens with two attached hydrogens (primary N) is 1. The average Bonchev–Trinajstić information content (AvgIpc) is 2.86. The molecule has 2 N–H and O–H groups in total. The summed E-state index contributed by atoms with van der Waals surface area (Å²) in [5, 5.41) is 10.6.